The summed E-state index contributed by atoms with van der Waals surface area (Å²) in [6.45, 7) is 5.67. The van der Waals surface area contributed by atoms with Gasteiger partial charge in [-0.25, -0.2) is 9.97 Å². The number of carboxylic acids is 1. The lowest BCUT2D eigenvalue weighted by Crippen LogP contribution is -2.28. The van der Waals surface area contributed by atoms with Gasteiger partial charge in [-0.15, -0.1) is 0 Å². The molecule has 1 heterocycles. The van der Waals surface area contributed by atoms with Gasteiger partial charge in [-0.2, -0.15) is 5.10 Å². The smallest absolute Gasteiger partial charge is 0.313 e. The first kappa shape index (κ1) is 22.6. The molecule has 1 aromatic heterocycles. The first-order valence-corrected chi connectivity index (χ1v) is 10.0. The van der Waals surface area contributed by atoms with Gasteiger partial charge < -0.3 is 16.7 Å². The van der Waals surface area contributed by atoms with Crippen molar-refractivity contribution in [3.63, 3.8) is 0 Å². The van der Waals surface area contributed by atoms with Gasteiger partial charge >= 0.3 is 5.97 Å². The van der Waals surface area contributed by atoms with E-state index in [1.807, 2.05) is 49.4 Å². The van der Waals surface area contributed by atoms with Crippen molar-refractivity contribution in [3.8, 4) is 11.3 Å². The van der Waals surface area contributed by atoms with Crippen LogP contribution in [0.2, 0.25) is 0 Å². The van der Waals surface area contributed by atoms with Gasteiger partial charge in [0.15, 0.2) is 0 Å². The van der Waals surface area contributed by atoms with Crippen LogP contribution in [0.3, 0.4) is 0 Å². The SMILES string of the molecule is Cc1cccc(-c2cc(C(C=NCc3cccc(C(C)(C)C(=O)O)c3)=NN)nc(N)n2)c1. The lowest BCUT2D eigenvalue weighted by atomic mass is 9.84. The highest BCUT2D eigenvalue weighted by Gasteiger charge is 2.29. The first-order chi connectivity index (χ1) is 15.2. The van der Waals surface area contributed by atoms with E-state index in [0.717, 1.165) is 16.7 Å². The Hall–Kier alpha value is -4.07. The van der Waals surface area contributed by atoms with Crippen molar-refractivity contribution in [2.45, 2.75) is 32.7 Å². The maximum atomic E-state index is 11.5. The average Bonchev–Trinajstić information content (AvgIpc) is 2.76. The molecule has 32 heavy (non-hydrogen) atoms. The molecule has 0 aliphatic heterocycles. The van der Waals surface area contributed by atoms with Gasteiger partial charge in [-0.1, -0.05) is 48.0 Å². The van der Waals surface area contributed by atoms with E-state index in [2.05, 4.69) is 20.1 Å². The molecule has 0 unspecified atom stereocenters. The first-order valence-electron chi connectivity index (χ1n) is 10.0. The van der Waals surface area contributed by atoms with Gasteiger partial charge in [0.25, 0.3) is 0 Å². The number of carbonyl (C=O) groups is 1. The number of carboxylic acid groups (broad SMARTS) is 1. The summed E-state index contributed by atoms with van der Waals surface area (Å²) in [4.78, 5) is 24.5. The molecule has 0 amide bonds. The normalized spacial score (nSPS) is 12.3. The number of aliphatic carboxylic acids is 1. The number of nitrogens with two attached hydrogens (primary N) is 2. The van der Waals surface area contributed by atoms with Crippen LogP contribution >= 0.6 is 0 Å². The largest absolute Gasteiger partial charge is 0.481 e. The van der Waals surface area contributed by atoms with E-state index >= 15 is 0 Å². The van der Waals surface area contributed by atoms with Crippen molar-refractivity contribution >= 4 is 23.8 Å². The molecule has 164 valence electrons. The van der Waals surface area contributed by atoms with Crippen LogP contribution in [0.4, 0.5) is 5.95 Å². The van der Waals surface area contributed by atoms with E-state index in [-0.39, 0.29) is 5.95 Å². The third-order valence-electron chi connectivity index (χ3n) is 5.13. The summed E-state index contributed by atoms with van der Waals surface area (Å²) in [5, 5.41) is 13.3. The highest BCUT2D eigenvalue weighted by molar-refractivity contribution is 6.37. The fourth-order valence-electron chi connectivity index (χ4n) is 3.13. The molecule has 0 atom stereocenters. The summed E-state index contributed by atoms with van der Waals surface area (Å²) >= 11 is 0. The molecule has 0 spiro atoms. The summed E-state index contributed by atoms with van der Waals surface area (Å²) in [5.41, 5.74) is 9.99. The number of hydrogen-bond acceptors (Lipinski definition) is 7. The number of aryl methyl sites for hydroxylation is 1. The van der Waals surface area contributed by atoms with Crippen LogP contribution in [0.5, 0.6) is 0 Å². The van der Waals surface area contributed by atoms with Crippen molar-refractivity contribution in [2.24, 2.45) is 15.9 Å². The number of hydrogen-bond donors (Lipinski definition) is 3. The molecule has 5 N–H and O–H groups in total. The summed E-state index contributed by atoms with van der Waals surface area (Å²) in [5.74, 6) is 4.81. The number of aromatic nitrogens is 2. The summed E-state index contributed by atoms with van der Waals surface area (Å²) in [7, 11) is 0. The monoisotopic (exact) mass is 430 g/mol. The van der Waals surface area contributed by atoms with E-state index in [9.17, 15) is 9.90 Å². The van der Waals surface area contributed by atoms with Gasteiger partial charge in [0.2, 0.25) is 5.95 Å². The van der Waals surface area contributed by atoms with E-state index < -0.39 is 11.4 Å². The topological polar surface area (TPSA) is 140 Å². The molecule has 2 aromatic carbocycles. The maximum Gasteiger partial charge on any atom is 0.313 e. The maximum absolute atomic E-state index is 11.5. The Balaban J connectivity index is 1.83. The second-order valence-corrected chi connectivity index (χ2v) is 7.98. The second kappa shape index (κ2) is 9.38. The minimum Gasteiger partial charge on any atom is -0.481 e. The fraction of sp³-hybridized carbons (Fsp3) is 0.208. The summed E-state index contributed by atoms with van der Waals surface area (Å²) in [6, 6.07) is 17.0. The zero-order chi connectivity index (χ0) is 23.3. The van der Waals surface area contributed by atoms with Crippen LogP contribution in [0, 0.1) is 6.92 Å². The minimum absolute atomic E-state index is 0.108. The van der Waals surface area contributed by atoms with Gasteiger partial charge in [0.05, 0.1) is 29.6 Å². The predicted octanol–water partition coefficient (Wildman–Crippen LogP) is 3.33. The quantitative estimate of drug-likeness (QED) is 0.298. The predicted molar refractivity (Wildman–Crippen MR) is 127 cm³/mol. The zero-order valence-corrected chi connectivity index (χ0v) is 18.3. The van der Waals surface area contributed by atoms with Crippen LogP contribution in [0.1, 0.15) is 36.2 Å². The minimum atomic E-state index is -0.992. The van der Waals surface area contributed by atoms with Crippen LogP contribution in [-0.4, -0.2) is 33.0 Å². The molecule has 0 radical (unpaired) electrons. The molecule has 0 aliphatic carbocycles. The van der Waals surface area contributed by atoms with Crippen molar-refractivity contribution in [1.29, 1.82) is 0 Å². The molecular weight excluding hydrogens is 404 g/mol. The van der Waals surface area contributed by atoms with Crippen molar-refractivity contribution < 1.29 is 9.90 Å². The molecule has 3 rings (SSSR count). The molecule has 0 aliphatic rings. The Kier molecular flexibility index (Phi) is 6.63. The van der Waals surface area contributed by atoms with Gasteiger partial charge in [-0.05, 0) is 44.0 Å². The Bertz CT molecular complexity index is 1200. The zero-order valence-electron chi connectivity index (χ0n) is 18.3. The van der Waals surface area contributed by atoms with Crippen LogP contribution < -0.4 is 11.6 Å². The standard InChI is InChI=1S/C24H26N6O2/c1-15-6-4-8-17(10-15)19-12-20(29-23(25)28-19)21(30-26)14-27-13-16-7-5-9-18(11-16)24(2,3)22(31)32/h4-12,14H,13,26H2,1-3H3,(H,31,32)(H2,25,28,29). The Labute approximate surface area is 186 Å². The molecule has 8 heteroatoms. The van der Waals surface area contributed by atoms with Crippen LogP contribution in [-0.2, 0) is 16.8 Å². The van der Waals surface area contributed by atoms with E-state index in [1.165, 1.54) is 6.21 Å². The number of rotatable bonds is 7. The lowest BCUT2D eigenvalue weighted by molar-refractivity contribution is -0.142. The number of nitrogen functional groups attached to an aromatic ring is 1. The molecule has 0 fully saturated rings. The number of benzene rings is 2. The summed E-state index contributed by atoms with van der Waals surface area (Å²) in [6.07, 6.45) is 1.52. The van der Waals surface area contributed by atoms with Crippen LogP contribution in [0.25, 0.3) is 11.3 Å². The summed E-state index contributed by atoms with van der Waals surface area (Å²) < 4.78 is 0. The molecule has 3 aromatic rings. The van der Waals surface area contributed by atoms with E-state index in [0.29, 0.717) is 29.2 Å². The van der Waals surface area contributed by atoms with Gasteiger partial charge in [-0.3, -0.25) is 9.79 Å². The number of nitrogens with zero attached hydrogens (tertiary/aromatic N) is 4. The van der Waals surface area contributed by atoms with Gasteiger partial charge in [0.1, 0.15) is 5.71 Å². The molecule has 8 nitrogen and oxygen atoms in total. The number of anilines is 1. The molecular formula is C24H26N6O2. The highest BCUT2D eigenvalue weighted by atomic mass is 16.4. The Morgan fingerprint density at radius 2 is 1.88 bits per heavy atom. The highest BCUT2D eigenvalue weighted by Crippen LogP contribution is 2.24. The molecule has 0 saturated heterocycles. The molecule has 0 bridgehead atoms. The van der Waals surface area contributed by atoms with Gasteiger partial charge in [0, 0.05) is 5.56 Å². The van der Waals surface area contributed by atoms with Crippen molar-refractivity contribution in [1.82, 2.24) is 9.97 Å². The van der Waals surface area contributed by atoms with E-state index in [4.69, 9.17) is 11.6 Å². The second-order valence-electron chi connectivity index (χ2n) is 7.98. The lowest BCUT2D eigenvalue weighted by Gasteiger charge is -2.20. The Morgan fingerprint density at radius 1 is 1.12 bits per heavy atom. The molecule has 0 saturated carbocycles. The fourth-order valence-corrected chi connectivity index (χ4v) is 3.13. The third-order valence-corrected chi connectivity index (χ3v) is 5.13. The number of hydrazone groups is 1. The van der Waals surface area contributed by atoms with E-state index in [1.54, 1.807) is 26.0 Å². The Morgan fingerprint density at radius 3 is 2.56 bits per heavy atom. The van der Waals surface area contributed by atoms with Crippen molar-refractivity contribution in [3.05, 3.63) is 77.0 Å². The average molecular weight is 431 g/mol. The van der Waals surface area contributed by atoms with Crippen molar-refractivity contribution in [2.75, 3.05) is 5.73 Å². The van der Waals surface area contributed by atoms with Crippen LogP contribution in [0.15, 0.2) is 64.7 Å². The third kappa shape index (κ3) is 5.15. The number of aliphatic imine (C=N–C) groups is 1.